The van der Waals surface area contributed by atoms with Crippen LogP contribution in [0.1, 0.15) is 57.8 Å². The van der Waals surface area contributed by atoms with Gasteiger partial charge in [-0.25, -0.2) is 0 Å². The van der Waals surface area contributed by atoms with Crippen LogP contribution in [0.4, 0.5) is 0 Å². The molecule has 0 aromatic rings. The predicted octanol–water partition coefficient (Wildman–Crippen LogP) is 3.33. The summed E-state index contributed by atoms with van der Waals surface area (Å²) in [6, 6.07) is 3.27. The normalized spacial score (nSPS) is 35.9. The van der Waals surface area contributed by atoms with Crippen molar-refractivity contribution < 1.29 is 0 Å². The highest BCUT2D eigenvalue weighted by atomic mass is 15.2. The molecule has 3 rings (SSSR count). The van der Waals surface area contributed by atoms with Gasteiger partial charge in [-0.3, -0.25) is 4.90 Å². The molecule has 2 nitrogen and oxygen atoms in total. The fraction of sp³-hybridized carbons (Fsp3) is 0.933. The summed E-state index contributed by atoms with van der Waals surface area (Å²) in [5.41, 5.74) is 0.411. The molecule has 3 aliphatic rings. The van der Waals surface area contributed by atoms with Gasteiger partial charge in [0.15, 0.2) is 0 Å². The van der Waals surface area contributed by atoms with Crippen molar-refractivity contribution in [3.63, 3.8) is 0 Å². The van der Waals surface area contributed by atoms with Crippen LogP contribution in [0.2, 0.25) is 0 Å². The molecule has 2 heteroatoms. The van der Waals surface area contributed by atoms with Gasteiger partial charge >= 0.3 is 0 Å². The number of likely N-dealkylation sites (tertiary alicyclic amines) is 1. The molecule has 0 spiro atoms. The van der Waals surface area contributed by atoms with E-state index in [0.29, 0.717) is 5.41 Å². The Morgan fingerprint density at radius 3 is 2.65 bits per heavy atom. The van der Waals surface area contributed by atoms with E-state index in [1.54, 1.807) is 0 Å². The van der Waals surface area contributed by atoms with E-state index in [4.69, 9.17) is 5.26 Å². The van der Waals surface area contributed by atoms with Gasteiger partial charge in [0, 0.05) is 19.0 Å². The highest BCUT2D eigenvalue weighted by molar-refractivity contribution is 5.03. The first-order valence-electron chi connectivity index (χ1n) is 7.44. The average molecular weight is 232 g/mol. The first-order valence-corrected chi connectivity index (χ1v) is 7.44. The minimum atomic E-state index is 0.411. The van der Waals surface area contributed by atoms with Crippen LogP contribution in [0.5, 0.6) is 0 Å². The van der Waals surface area contributed by atoms with E-state index < -0.39 is 0 Å². The van der Waals surface area contributed by atoms with Gasteiger partial charge in [-0.2, -0.15) is 5.26 Å². The molecular weight excluding hydrogens is 208 g/mol. The van der Waals surface area contributed by atoms with Crippen molar-refractivity contribution >= 4 is 0 Å². The van der Waals surface area contributed by atoms with Crippen LogP contribution in [-0.2, 0) is 0 Å². The van der Waals surface area contributed by atoms with E-state index in [9.17, 15) is 0 Å². The molecule has 1 saturated heterocycles. The number of fused-ring (bicyclic) bond motifs is 1. The summed E-state index contributed by atoms with van der Waals surface area (Å²) in [4.78, 5) is 2.76. The molecule has 1 aliphatic heterocycles. The highest BCUT2D eigenvalue weighted by Crippen LogP contribution is 2.50. The van der Waals surface area contributed by atoms with Crippen molar-refractivity contribution in [1.82, 2.24) is 4.90 Å². The highest BCUT2D eigenvalue weighted by Gasteiger charge is 2.46. The summed E-state index contributed by atoms with van der Waals surface area (Å²) in [6.45, 7) is 2.52. The molecule has 0 N–H and O–H groups in total. The molecule has 0 bridgehead atoms. The lowest BCUT2D eigenvalue weighted by molar-refractivity contribution is 0.0446. The maximum Gasteiger partial charge on any atom is 0.0628 e. The van der Waals surface area contributed by atoms with Crippen LogP contribution >= 0.6 is 0 Å². The molecule has 0 amide bonds. The maximum atomic E-state index is 8.94. The molecule has 1 heterocycles. The smallest absolute Gasteiger partial charge is 0.0628 e. The number of rotatable bonds is 3. The monoisotopic (exact) mass is 232 g/mol. The van der Waals surface area contributed by atoms with Gasteiger partial charge in [0.05, 0.1) is 6.07 Å². The van der Waals surface area contributed by atoms with E-state index in [-0.39, 0.29) is 0 Å². The lowest BCUT2D eigenvalue weighted by Crippen LogP contribution is -2.48. The van der Waals surface area contributed by atoms with E-state index in [1.807, 2.05) is 0 Å². The van der Waals surface area contributed by atoms with Gasteiger partial charge < -0.3 is 0 Å². The second-order valence-corrected chi connectivity index (χ2v) is 6.56. The van der Waals surface area contributed by atoms with Crippen LogP contribution in [0.15, 0.2) is 0 Å². The summed E-state index contributed by atoms with van der Waals surface area (Å²) >= 11 is 0. The molecule has 17 heavy (non-hydrogen) atoms. The van der Waals surface area contributed by atoms with Gasteiger partial charge in [0.1, 0.15) is 0 Å². The Morgan fingerprint density at radius 2 is 1.88 bits per heavy atom. The third-order valence-corrected chi connectivity index (χ3v) is 5.31. The van der Waals surface area contributed by atoms with Crippen LogP contribution in [0, 0.1) is 22.7 Å². The zero-order valence-electron chi connectivity index (χ0n) is 10.8. The van der Waals surface area contributed by atoms with Crippen molar-refractivity contribution in [2.24, 2.45) is 11.3 Å². The third kappa shape index (κ3) is 2.36. The third-order valence-electron chi connectivity index (χ3n) is 5.31. The fourth-order valence-corrected chi connectivity index (χ4v) is 4.09. The standard InChI is InChI=1S/C15H24N2/c16-10-9-15(7-8-15)12-17-11-3-5-13-4-1-2-6-14(13)17/h13-14H,1-9,11-12H2. The summed E-state index contributed by atoms with van der Waals surface area (Å²) in [5.74, 6) is 0.982. The summed E-state index contributed by atoms with van der Waals surface area (Å²) in [6.07, 6.45) is 12.0. The van der Waals surface area contributed by atoms with E-state index in [1.165, 1.54) is 64.5 Å². The SMILES string of the molecule is N#CCC1(CN2CCCC3CCCCC32)CC1. The van der Waals surface area contributed by atoms with E-state index >= 15 is 0 Å². The molecular formula is C15H24N2. The van der Waals surface area contributed by atoms with E-state index in [0.717, 1.165) is 18.4 Å². The van der Waals surface area contributed by atoms with Gasteiger partial charge in [-0.05, 0) is 56.4 Å². The molecule has 2 atom stereocenters. The molecule has 2 saturated carbocycles. The van der Waals surface area contributed by atoms with Crippen molar-refractivity contribution in [2.75, 3.05) is 13.1 Å². The topological polar surface area (TPSA) is 27.0 Å². The van der Waals surface area contributed by atoms with Crippen molar-refractivity contribution in [3.05, 3.63) is 0 Å². The fourth-order valence-electron chi connectivity index (χ4n) is 4.09. The molecule has 0 aromatic carbocycles. The molecule has 2 unspecified atom stereocenters. The summed E-state index contributed by atoms with van der Waals surface area (Å²) in [5, 5.41) is 8.94. The molecule has 0 aromatic heterocycles. The van der Waals surface area contributed by atoms with Crippen LogP contribution < -0.4 is 0 Å². The Labute approximate surface area is 105 Å². The quantitative estimate of drug-likeness (QED) is 0.746. The van der Waals surface area contributed by atoms with Crippen LogP contribution in [-0.4, -0.2) is 24.0 Å². The number of nitriles is 1. The first kappa shape index (κ1) is 11.5. The largest absolute Gasteiger partial charge is 0.300 e. The Hall–Kier alpha value is -0.550. The molecule has 3 fully saturated rings. The van der Waals surface area contributed by atoms with Crippen molar-refractivity contribution in [1.29, 1.82) is 5.26 Å². The second-order valence-electron chi connectivity index (χ2n) is 6.56. The molecule has 2 aliphatic carbocycles. The predicted molar refractivity (Wildman–Crippen MR) is 68.5 cm³/mol. The zero-order valence-corrected chi connectivity index (χ0v) is 10.8. The molecule has 94 valence electrons. The van der Waals surface area contributed by atoms with Gasteiger partial charge in [0.2, 0.25) is 0 Å². The lowest BCUT2D eigenvalue weighted by atomic mass is 9.78. The van der Waals surface area contributed by atoms with Gasteiger partial charge in [0.25, 0.3) is 0 Å². The number of hydrogen-bond donors (Lipinski definition) is 0. The minimum absolute atomic E-state index is 0.411. The van der Waals surface area contributed by atoms with Gasteiger partial charge in [-0.15, -0.1) is 0 Å². The zero-order chi connectivity index (χ0) is 11.7. The average Bonchev–Trinajstić information content (AvgIpc) is 3.10. The Morgan fingerprint density at radius 1 is 1.12 bits per heavy atom. The van der Waals surface area contributed by atoms with Gasteiger partial charge in [-0.1, -0.05) is 12.8 Å². The maximum absolute atomic E-state index is 8.94. The number of piperidine rings is 1. The second kappa shape index (κ2) is 4.61. The van der Waals surface area contributed by atoms with Crippen molar-refractivity contribution in [2.45, 2.75) is 63.8 Å². The van der Waals surface area contributed by atoms with Crippen LogP contribution in [0.25, 0.3) is 0 Å². The lowest BCUT2D eigenvalue weighted by Gasteiger charge is -2.45. The first-order chi connectivity index (χ1) is 8.33. The summed E-state index contributed by atoms with van der Waals surface area (Å²) < 4.78 is 0. The Balaban J connectivity index is 1.64. The van der Waals surface area contributed by atoms with Crippen LogP contribution in [0.3, 0.4) is 0 Å². The number of nitrogens with zero attached hydrogens (tertiary/aromatic N) is 2. The number of hydrogen-bond acceptors (Lipinski definition) is 2. The van der Waals surface area contributed by atoms with E-state index in [2.05, 4.69) is 11.0 Å². The minimum Gasteiger partial charge on any atom is -0.300 e. The Kier molecular flexibility index (Phi) is 3.13. The van der Waals surface area contributed by atoms with Crippen molar-refractivity contribution in [3.8, 4) is 6.07 Å². The Bertz CT molecular complexity index is 311. The summed E-state index contributed by atoms with van der Waals surface area (Å²) in [7, 11) is 0. The molecule has 0 radical (unpaired) electrons.